The molecule has 114 valence electrons. The lowest BCUT2D eigenvalue weighted by Gasteiger charge is -2.25. The Balaban J connectivity index is 2.41. The fraction of sp³-hybridized carbons (Fsp3) is 0.467. The van der Waals surface area contributed by atoms with E-state index in [0.29, 0.717) is 30.0 Å². The number of nitrogens with zero attached hydrogens (tertiary/aromatic N) is 1. The molecule has 0 spiro atoms. The van der Waals surface area contributed by atoms with Crippen LogP contribution in [0.5, 0.6) is 11.5 Å². The number of rotatable bonds is 5. The molecule has 0 aromatic heterocycles. The quantitative estimate of drug-likeness (QED) is 0.774. The third kappa shape index (κ3) is 2.94. The Morgan fingerprint density at radius 2 is 2.10 bits per heavy atom. The second-order valence-electron chi connectivity index (χ2n) is 4.61. The molecular weight excluding hydrogens is 274 g/mol. The van der Waals surface area contributed by atoms with Crippen LogP contribution < -0.4 is 14.4 Å². The fourth-order valence-electron chi connectivity index (χ4n) is 2.43. The van der Waals surface area contributed by atoms with Crippen molar-refractivity contribution in [2.45, 2.75) is 25.8 Å². The summed E-state index contributed by atoms with van der Waals surface area (Å²) in [5, 5.41) is 0. The molecule has 1 aliphatic rings. The molecule has 1 fully saturated rings. The van der Waals surface area contributed by atoms with E-state index in [1.54, 1.807) is 32.2 Å². The van der Waals surface area contributed by atoms with E-state index in [-0.39, 0.29) is 12.5 Å². The minimum atomic E-state index is -0.613. The zero-order valence-corrected chi connectivity index (χ0v) is 12.4. The molecule has 1 heterocycles. The van der Waals surface area contributed by atoms with Gasteiger partial charge in [-0.1, -0.05) is 0 Å². The number of esters is 1. The number of anilines is 1. The van der Waals surface area contributed by atoms with E-state index in [0.717, 1.165) is 0 Å². The van der Waals surface area contributed by atoms with Crippen molar-refractivity contribution in [2.75, 3.05) is 25.7 Å². The zero-order chi connectivity index (χ0) is 15.4. The predicted molar refractivity (Wildman–Crippen MR) is 76.7 cm³/mol. The molecule has 0 saturated carbocycles. The lowest BCUT2D eigenvalue weighted by molar-refractivity contribution is -0.144. The maximum Gasteiger partial charge on any atom is 0.329 e. The van der Waals surface area contributed by atoms with Gasteiger partial charge in [0.1, 0.15) is 17.5 Å². The summed E-state index contributed by atoms with van der Waals surface area (Å²) in [6.45, 7) is 2.03. The molecule has 0 N–H and O–H groups in total. The minimum Gasteiger partial charge on any atom is -0.497 e. The highest BCUT2D eigenvalue weighted by Gasteiger charge is 2.39. The largest absolute Gasteiger partial charge is 0.497 e. The molecule has 2 rings (SSSR count). The van der Waals surface area contributed by atoms with Crippen molar-refractivity contribution in [1.82, 2.24) is 0 Å². The SMILES string of the molecule is CCOC(=O)C1CCC(=O)N1c1cc(OC)ccc1OC. The van der Waals surface area contributed by atoms with Crippen LogP contribution in [0.1, 0.15) is 19.8 Å². The summed E-state index contributed by atoms with van der Waals surface area (Å²) in [5.41, 5.74) is 0.525. The van der Waals surface area contributed by atoms with E-state index in [1.807, 2.05) is 0 Å². The molecule has 1 aromatic carbocycles. The number of benzene rings is 1. The number of hydrogen-bond acceptors (Lipinski definition) is 5. The van der Waals surface area contributed by atoms with Crippen molar-refractivity contribution in [1.29, 1.82) is 0 Å². The van der Waals surface area contributed by atoms with Gasteiger partial charge in [-0.3, -0.25) is 9.69 Å². The molecular formula is C15H19NO5. The van der Waals surface area contributed by atoms with Gasteiger partial charge in [0.15, 0.2) is 0 Å². The third-order valence-electron chi connectivity index (χ3n) is 3.42. The van der Waals surface area contributed by atoms with Crippen molar-refractivity contribution in [3.8, 4) is 11.5 Å². The lowest BCUT2D eigenvalue weighted by atomic mass is 10.2. The van der Waals surface area contributed by atoms with Crippen LogP contribution in [-0.2, 0) is 14.3 Å². The highest BCUT2D eigenvalue weighted by molar-refractivity contribution is 6.03. The van der Waals surface area contributed by atoms with Crippen molar-refractivity contribution in [3.63, 3.8) is 0 Å². The first-order valence-corrected chi connectivity index (χ1v) is 6.83. The minimum absolute atomic E-state index is 0.125. The molecule has 0 aliphatic carbocycles. The average Bonchev–Trinajstić information content (AvgIpc) is 2.88. The van der Waals surface area contributed by atoms with Crippen LogP contribution in [-0.4, -0.2) is 38.7 Å². The first kappa shape index (κ1) is 15.2. The Morgan fingerprint density at radius 3 is 2.71 bits per heavy atom. The van der Waals surface area contributed by atoms with Gasteiger partial charge < -0.3 is 14.2 Å². The summed E-state index contributed by atoms with van der Waals surface area (Å²) in [6.07, 6.45) is 0.752. The van der Waals surface area contributed by atoms with Crippen LogP contribution in [0, 0.1) is 0 Å². The van der Waals surface area contributed by atoms with Gasteiger partial charge >= 0.3 is 5.97 Å². The van der Waals surface area contributed by atoms with Crippen molar-refractivity contribution in [2.24, 2.45) is 0 Å². The van der Waals surface area contributed by atoms with Crippen LogP contribution >= 0.6 is 0 Å². The summed E-state index contributed by atoms with van der Waals surface area (Å²) in [4.78, 5) is 25.7. The summed E-state index contributed by atoms with van der Waals surface area (Å²) in [7, 11) is 3.06. The van der Waals surface area contributed by atoms with Gasteiger partial charge in [-0.15, -0.1) is 0 Å². The maximum absolute atomic E-state index is 12.2. The Morgan fingerprint density at radius 1 is 1.33 bits per heavy atom. The first-order chi connectivity index (χ1) is 10.1. The normalized spacial score (nSPS) is 17.8. The number of carbonyl (C=O) groups is 2. The Kier molecular flexibility index (Phi) is 4.67. The monoisotopic (exact) mass is 293 g/mol. The molecule has 0 radical (unpaired) electrons. The second kappa shape index (κ2) is 6.47. The molecule has 1 saturated heterocycles. The number of hydrogen-bond donors (Lipinski definition) is 0. The van der Waals surface area contributed by atoms with Crippen molar-refractivity contribution >= 4 is 17.6 Å². The summed E-state index contributed by atoms with van der Waals surface area (Å²) in [6, 6.07) is 4.52. The Bertz CT molecular complexity index is 543. The van der Waals surface area contributed by atoms with Gasteiger partial charge in [0.25, 0.3) is 0 Å². The van der Waals surface area contributed by atoms with Crippen LogP contribution in [0.4, 0.5) is 5.69 Å². The van der Waals surface area contributed by atoms with Gasteiger partial charge in [-0.2, -0.15) is 0 Å². The molecule has 6 heteroatoms. The summed E-state index contributed by atoms with van der Waals surface area (Å²) >= 11 is 0. The molecule has 1 atom stereocenters. The van der Waals surface area contributed by atoms with Crippen LogP contribution in [0.25, 0.3) is 0 Å². The van der Waals surface area contributed by atoms with Gasteiger partial charge in [-0.05, 0) is 25.5 Å². The zero-order valence-electron chi connectivity index (χ0n) is 12.4. The number of ether oxygens (including phenoxy) is 3. The molecule has 1 aromatic rings. The van der Waals surface area contributed by atoms with Gasteiger partial charge in [0.05, 0.1) is 26.5 Å². The molecule has 21 heavy (non-hydrogen) atoms. The van der Waals surface area contributed by atoms with Gasteiger partial charge in [0, 0.05) is 12.5 Å². The number of carbonyl (C=O) groups excluding carboxylic acids is 2. The topological polar surface area (TPSA) is 65.1 Å². The highest BCUT2D eigenvalue weighted by Crippen LogP contribution is 2.37. The summed E-state index contributed by atoms with van der Waals surface area (Å²) < 4.78 is 15.5. The van der Waals surface area contributed by atoms with E-state index in [2.05, 4.69) is 0 Å². The number of methoxy groups -OCH3 is 2. The van der Waals surface area contributed by atoms with E-state index >= 15 is 0 Å². The first-order valence-electron chi connectivity index (χ1n) is 6.83. The standard InChI is InChI=1S/C15H19NO5/c1-4-21-15(18)11-6-8-14(17)16(11)12-9-10(19-2)5-7-13(12)20-3/h5,7,9,11H,4,6,8H2,1-3H3. The molecule has 1 unspecified atom stereocenters. The van der Waals surface area contributed by atoms with Crippen molar-refractivity contribution < 1.29 is 23.8 Å². The Hall–Kier alpha value is -2.24. The van der Waals surface area contributed by atoms with Crippen molar-refractivity contribution in [3.05, 3.63) is 18.2 Å². The Labute approximate surface area is 123 Å². The van der Waals surface area contributed by atoms with E-state index in [4.69, 9.17) is 14.2 Å². The average molecular weight is 293 g/mol. The van der Waals surface area contributed by atoms with E-state index in [1.165, 1.54) is 12.0 Å². The molecule has 0 bridgehead atoms. The highest BCUT2D eigenvalue weighted by atomic mass is 16.5. The van der Waals surface area contributed by atoms with Crippen LogP contribution in [0.3, 0.4) is 0 Å². The van der Waals surface area contributed by atoms with Crippen LogP contribution in [0.2, 0.25) is 0 Å². The molecule has 1 amide bonds. The molecule has 1 aliphatic heterocycles. The van der Waals surface area contributed by atoms with E-state index in [9.17, 15) is 9.59 Å². The second-order valence-corrected chi connectivity index (χ2v) is 4.61. The smallest absolute Gasteiger partial charge is 0.329 e. The van der Waals surface area contributed by atoms with Gasteiger partial charge in [0.2, 0.25) is 5.91 Å². The maximum atomic E-state index is 12.2. The lowest BCUT2D eigenvalue weighted by Crippen LogP contribution is -2.40. The molecule has 6 nitrogen and oxygen atoms in total. The van der Waals surface area contributed by atoms with Gasteiger partial charge in [-0.25, -0.2) is 4.79 Å². The number of amides is 1. The fourth-order valence-corrected chi connectivity index (χ4v) is 2.43. The predicted octanol–water partition coefficient (Wildman–Crippen LogP) is 1.76. The van der Waals surface area contributed by atoms with E-state index < -0.39 is 12.0 Å². The third-order valence-corrected chi connectivity index (χ3v) is 3.42. The van der Waals surface area contributed by atoms with Crippen LogP contribution in [0.15, 0.2) is 18.2 Å². The summed E-state index contributed by atoms with van der Waals surface area (Å²) in [5.74, 6) is 0.585.